The molecule has 0 bridgehead atoms. The Morgan fingerprint density at radius 3 is 2.94 bits per heavy atom. The summed E-state index contributed by atoms with van der Waals surface area (Å²) in [5.41, 5.74) is 0. The van der Waals surface area contributed by atoms with Crippen molar-refractivity contribution in [2.24, 2.45) is 0 Å². The molecule has 3 heteroatoms. The van der Waals surface area contributed by atoms with Crippen LogP contribution >= 0.6 is 27.3 Å². The Morgan fingerprint density at radius 1 is 1.31 bits per heavy atom. The van der Waals surface area contributed by atoms with Crippen molar-refractivity contribution in [1.82, 2.24) is 5.32 Å². The van der Waals surface area contributed by atoms with E-state index in [4.69, 9.17) is 0 Å². The van der Waals surface area contributed by atoms with E-state index in [-0.39, 0.29) is 0 Å². The van der Waals surface area contributed by atoms with Gasteiger partial charge in [0.2, 0.25) is 0 Å². The molecule has 1 aromatic carbocycles. The largest absolute Gasteiger partial charge is 0.309 e. The number of hydrogen-bond donors (Lipinski definition) is 1. The van der Waals surface area contributed by atoms with Gasteiger partial charge in [-0.25, -0.2) is 0 Å². The smallest absolute Gasteiger partial charge is 0.0346 e. The zero-order valence-electron chi connectivity index (χ0n) is 9.00. The van der Waals surface area contributed by atoms with E-state index < -0.39 is 0 Å². The van der Waals surface area contributed by atoms with Gasteiger partial charge in [0, 0.05) is 26.6 Å². The monoisotopic (exact) mass is 295 g/mol. The first kappa shape index (κ1) is 10.8. The maximum absolute atomic E-state index is 3.61. The van der Waals surface area contributed by atoms with Gasteiger partial charge in [0.1, 0.15) is 0 Å². The fraction of sp³-hybridized carbons (Fsp3) is 0.385. The number of rotatable bonds is 3. The summed E-state index contributed by atoms with van der Waals surface area (Å²) in [6.07, 6.45) is 4.11. The summed E-state index contributed by atoms with van der Waals surface area (Å²) in [6.45, 7) is 1.03. The second-order valence-corrected chi connectivity index (χ2v) is 6.49. The van der Waals surface area contributed by atoms with Crippen LogP contribution in [0, 0.1) is 0 Å². The first-order valence-corrected chi connectivity index (χ1v) is 7.33. The predicted molar refractivity (Wildman–Crippen MR) is 74.0 cm³/mol. The topological polar surface area (TPSA) is 12.0 Å². The zero-order chi connectivity index (χ0) is 11.0. The number of halogens is 1. The number of hydrogen-bond acceptors (Lipinski definition) is 2. The minimum Gasteiger partial charge on any atom is -0.309 e. The van der Waals surface area contributed by atoms with Gasteiger partial charge < -0.3 is 5.32 Å². The standard InChI is InChI=1S/C13H14BrNS/c14-10-4-5-13-9(6-10)7-12(16-13)8-15-11-2-1-3-11/h4-7,11,15H,1-3,8H2. The lowest BCUT2D eigenvalue weighted by Crippen LogP contribution is -2.34. The Labute approximate surface area is 108 Å². The average molecular weight is 296 g/mol. The summed E-state index contributed by atoms with van der Waals surface area (Å²) < 4.78 is 2.55. The first-order valence-electron chi connectivity index (χ1n) is 5.72. The molecule has 3 rings (SSSR count). The summed E-state index contributed by atoms with van der Waals surface area (Å²) in [6, 6.07) is 9.57. The highest BCUT2D eigenvalue weighted by Gasteiger charge is 2.16. The number of fused-ring (bicyclic) bond motifs is 1. The Kier molecular flexibility index (Phi) is 3.01. The molecule has 1 aliphatic carbocycles. The highest BCUT2D eigenvalue weighted by molar-refractivity contribution is 9.10. The Hall–Kier alpha value is -0.380. The van der Waals surface area contributed by atoms with Crippen LogP contribution in [0.25, 0.3) is 10.1 Å². The van der Waals surface area contributed by atoms with Crippen LogP contribution in [0.1, 0.15) is 24.1 Å². The second-order valence-electron chi connectivity index (χ2n) is 4.40. The molecule has 0 radical (unpaired) electrons. The zero-order valence-corrected chi connectivity index (χ0v) is 11.4. The molecule has 1 N–H and O–H groups in total. The van der Waals surface area contributed by atoms with Gasteiger partial charge in [-0.05, 0) is 42.5 Å². The minimum atomic E-state index is 0.775. The number of benzene rings is 1. The summed E-state index contributed by atoms with van der Waals surface area (Å²) in [7, 11) is 0. The molecule has 1 saturated carbocycles. The third kappa shape index (κ3) is 2.17. The SMILES string of the molecule is Brc1ccc2sc(CNC3CCC3)cc2c1. The van der Waals surface area contributed by atoms with Gasteiger partial charge in [0.25, 0.3) is 0 Å². The van der Waals surface area contributed by atoms with Crippen molar-refractivity contribution >= 4 is 37.4 Å². The number of nitrogens with one attached hydrogen (secondary N) is 1. The molecule has 1 aromatic heterocycles. The van der Waals surface area contributed by atoms with Gasteiger partial charge in [-0.3, -0.25) is 0 Å². The van der Waals surface area contributed by atoms with Crippen molar-refractivity contribution in [2.75, 3.05) is 0 Å². The molecule has 0 unspecified atom stereocenters. The molecule has 0 saturated heterocycles. The lowest BCUT2D eigenvalue weighted by molar-refractivity contribution is 0.339. The van der Waals surface area contributed by atoms with E-state index in [0.717, 1.165) is 17.1 Å². The highest BCUT2D eigenvalue weighted by Crippen LogP contribution is 2.28. The molecule has 1 aliphatic rings. The summed E-state index contributed by atoms with van der Waals surface area (Å²) >= 11 is 5.41. The fourth-order valence-corrected chi connectivity index (χ4v) is 3.39. The van der Waals surface area contributed by atoms with Crippen molar-refractivity contribution in [1.29, 1.82) is 0 Å². The van der Waals surface area contributed by atoms with E-state index >= 15 is 0 Å². The van der Waals surface area contributed by atoms with Crippen molar-refractivity contribution < 1.29 is 0 Å². The quantitative estimate of drug-likeness (QED) is 0.890. The molecule has 16 heavy (non-hydrogen) atoms. The molecule has 1 nitrogen and oxygen atoms in total. The Bertz CT molecular complexity index is 502. The molecule has 0 aliphatic heterocycles. The molecule has 84 valence electrons. The van der Waals surface area contributed by atoms with Gasteiger partial charge in [-0.15, -0.1) is 11.3 Å². The summed E-state index contributed by atoms with van der Waals surface area (Å²) in [4.78, 5) is 1.44. The van der Waals surface area contributed by atoms with E-state index in [1.54, 1.807) is 0 Å². The van der Waals surface area contributed by atoms with Gasteiger partial charge in [-0.2, -0.15) is 0 Å². The molecular formula is C13H14BrNS. The fourth-order valence-electron chi connectivity index (χ4n) is 2.01. The normalized spacial score (nSPS) is 16.6. The highest BCUT2D eigenvalue weighted by atomic mass is 79.9. The van der Waals surface area contributed by atoms with Crippen LogP contribution in [-0.2, 0) is 6.54 Å². The molecule has 0 amide bonds. The minimum absolute atomic E-state index is 0.775. The van der Waals surface area contributed by atoms with Crippen LogP contribution in [0.15, 0.2) is 28.7 Å². The van der Waals surface area contributed by atoms with Crippen molar-refractivity contribution in [3.05, 3.63) is 33.6 Å². The third-order valence-corrected chi connectivity index (χ3v) is 4.81. The molecule has 0 spiro atoms. The van der Waals surface area contributed by atoms with Crippen molar-refractivity contribution in [2.45, 2.75) is 31.8 Å². The van der Waals surface area contributed by atoms with Crippen LogP contribution in [0.5, 0.6) is 0 Å². The van der Waals surface area contributed by atoms with E-state index in [9.17, 15) is 0 Å². The molecule has 1 heterocycles. The van der Waals surface area contributed by atoms with E-state index in [1.165, 1.54) is 34.2 Å². The lowest BCUT2D eigenvalue weighted by Gasteiger charge is -2.26. The predicted octanol–water partition coefficient (Wildman–Crippen LogP) is 4.31. The summed E-state index contributed by atoms with van der Waals surface area (Å²) in [5, 5.41) is 4.96. The molecule has 2 aromatic rings. The maximum atomic E-state index is 3.61. The van der Waals surface area contributed by atoms with Crippen LogP contribution in [0.2, 0.25) is 0 Å². The molecule has 1 fully saturated rings. The Morgan fingerprint density at radius 2 is 2.19 bits per heavy atom. The van der Waals surface area contributed by atoms with E-state index in [1.807, 2.05) is 11.3 Å². The van der Waals surface area contributed by atoms with E-state index in [0.29, 0.717) is 0 Å². The first-order chi connectivity index (χ1) is 7.81. The Balaban J connectivity index is 1.76. The van der Waals surface area contributed by atoms with Gasteiger partial charge in [0.05, 0.1) is 0 Å². The van der Waals surface area contributed by atoms with Crippen LogP contribution in [-0.4, -0.2) is 6.04 Å². The van der Waals surface area contributed by atoms with E-state index in [2.05, 4.69) is 45.5 Å². The van der Waals surface area contributed by atoms with Gasteiger partial charge in [0.15, 0.2) is 0 Å². The maximum Gasteiger partial charge on any atom is 0.0346 e. The van der Waals surface area contributed by atoms with Crippen LogP contribution in [0.3, 0.4) is 0 Å². The second kappa shape index (κ2) is 4.47. The van der Waals surface area contributed by atoms with Gasteiger partial charge >= 0.3 is 0 Å². The number of thiophene rings is 1. The third-order valence-electron chi connectivity index (χ3n) is 3.20. The van der Waals surface area contributed by atoms with Crippen LogP contribution in [0.4, 0.5) is 0 Å². The molecule has 0 atom stereocenters. The average Bonchev–Trinajstić information content (AvgIpc) is 2.57. The van der Waals surface area contributed by atoms with Crippen LogP contribution < -0.4 is 5.32 Å². The van der Waals surface area contributed by atoms with Crippen molar-refractivity contribution in [3.63, 3.8) is 0 Å². The van der Waals surface area contributed by atoms with Gasteiger partial charge in [-0.1, -0.05) is 22.4 Å². The lowest BCUT2D eigenvalue weighted by atomic mass is 9.93. The molecular weight excluding hydrogens is 282 g/mol. The van der Waals surface area contributed by atoms with Crippen molar-refractivity contribution in [3.8, 4) is 0 Å². The summed E-state index contributed by atoms with van der Waals surface area (Å²) in [5.74, 6) is 0.